The van der Waals surface area contributed by atoms with Crippen LogP contribution in [0.5, 0.6) is 5.75 Å². The molecule has 2 aromatic rings. The van der Waals surface area contributed by atoms with Gasteiger partial charge in [-0.15, -0.1) is 0 Å². The van der Waals surface area contributed by atoms with E-state index < -0.39 is 11.9 Å². The first-order valence-corrected chi connectivity index (χ1v) is 8.97. The Kier molecular flexibility index (Phi) is 5.73. The van der Waals surface area contributed by atoms with Crippen molar-refractivity contribution in [2.45, 2.75) is 38.8 Å². The summed E-state index contributed by atoms with van der Waals surface area (Å²) in [5.41, 5.74) is 0.496. The number of ether oxygens (including phenoxy) is 1. The molecule has 1 saturated heterocycles. The van der Waals surface area contributed by atoms with Gasteiger partial charge >= 0.3 is 0 Å². The minimum absolute atomic E-state index is 0.00282. The van der Waals surface area contributed by atoms with E-state index in [9.17, 15) is 14.0 Å². The second-order valence-corrected chi connectivity index (χ2v) is 6.67. The van der Waals surface area contributed by atoms with Gasteiger partial charge in [0.15, 0.2) is 17.7 Å². The molecule has 0 spiro atoms. The second kappa shape index (κ2) is 8.20. The van der Waals surface area contributed by atoms with Crippen LogP contribution in [0.25, 0.3) is 0 Å². The first-order chi connectivity index (χ1) is 12.9. The number of aromatic nitrogens is 2. The molecular weight excluding hydrogens is 351 g/mol. The normalized spacial score (nSPS) is 16.0. The van der Waals surface area contributed by atoms with Crippen molar-refractivity contribution in [3.05, 3.63) is 52.2 Å². The molecule has 1 aromatic carbocycles. The van der Waals surface area contributed by atoms with Crippen LogP contribution in [-0.2, 0) is 4.79 Å². The fourth-order valence-electron chi connectivity index (χ4n) is 3.05. The smallest absolute Gasteiger partial charge is 0.260 e. The average molecular weight is 374 g/mol. The molecule has 0 unspecified atom stereocenters. The Morgan fingerprint density at radius 2 is 2.07 bits per heavy atom. The van der Waals surface area contributed by atoms with Gasteiger partial charge in [0, 0.05) is 30.9 Å². The lowest BCUT2D eigenvalue weighted by molar-refractivity contribution is -0.128. The first-order valence-electron chi connectivity index (χ1n) is 8.97. The number of aromatic amines is 1. The maximum atomic E-state index is 13.6. The van der Waals surface area contributed by atoms with Gasteiger partial charge < -0.3 is 15.0 Å². The van der Waals surface area contributed by atoms with Gasteiger partial charge in [-0.25, -0.2) is 9.37 Å². The Balaban J connectivity index is 1.52. The Hall–Kier alpha value is -2.90. The van der Waals surface area contributed by atoms with Crippen molar-refractivity contribution in [1.29, 1.82) is 0 Å². The molecule has 8 heteroatoms. The van der Waals surface area contributed by atoms with Gasteiger partial charge in [0.1, 0.15) is 0 Å². The topological polar surface area (TPSA) is 87.3 Å². The Labute approximate surface area is 156 Å². The third-order valence-electron chi connectivity index (χ3n) is 4.51. The van der Waals surface area contributed by atoms with Crippen molar-refractivity contribution < 1.29 is 13.9 Å². The largest absolute Gasteiger partial charge is 0.478 e. The van der Waals surface area contributed by atoms with Crippen molar-refractivity contribution in [3.63, 3.8) is 0 Å². The maximum absolute atomic E-state index is 13.6. The van der Waals surface area contributed by atoms with Gasteiger partial charge in [-0.1, -0.05) is 12.1 Å². The summed E-state index contributed by atoms with van der Waals surface area (Å²) in [5, 5.41) is 2.95. The minimum atomic E-state index is -0.797. The van der Waals surface area contributed by atoms with Crippen LogP contribution in [-0.4, -0.2) is 41.1 Å². The van der Waals surface area contributed by atoms with E-state index in [4.69, 9.17) is 4.74 Å². The van der Waals surface area contributed by atoms with Crippen LogP contribution in [0.15, 0.2) is 35.1 Å². The zero-order valence-corrected chi connectivity index (χ0v) is 15.4. The van der Waals surface area contributed by atoms with Gasteiger partial charge in [-0.05, 0) is 38.8 Å². The number of amides is 1. The third-order valence-corrected chi connectivity index (χ3v) is 4.51. The van der Waals surface area contributed by atoms with E-state index in [1.165, 1.54) is 18.2 Å². The van der Waals surface area contributed by atoms with Gasteiger partial charge in [-0.3, -0.25) is 14.6 Å². The molecule has 3 rings (SSSR count). The van der Waals surface area contributed by atoms with Gasteiger partial charge in [0.2, 0.25) is 5.95 Å². The molecule has 144 valence electrons. The van der Waals surface area contributed by atoms with E-state index in [1.807, 2.05) is 4.90 Å². The molecule has 2 heterocycles. The second-order valence-electron chi connectivity index (χ2n) is 6.67. The lowest BCUT2D eigenvalue weighted by Crippen LogP contribution is -2.48. The van der Waals surface area contributed by atoms with Crippen molar-refractivity contribution in [1.82, 2.24) is 15.3 Å². The Morgan fingerprint density at radius 1 is 1.37 bits per heavy atom. The summed E-state index contributed by atoms with van der Waals surface area (Å²) in [5.74, 6) is -0.158. The quantitative estimate of drug-likeness (QED) is 0.833. The monoisotopic (exact) mass is 374 g/mol. The van der Waals surface area contributed by atoms with Crippen molar-refractivity contribution >= 4 is 11.9 Å². The minimum Gasteiger partial charge on any atom is -0.478 e. The molecule has 0 radical (unpaired) electrons. The van der Waals surface area contributed by atoms with E-state index in [1.54, 1.807) is 26.0 Å². The molecule has 1 aliphatic rings. The predicted octanol–water partition coefficient (Wildman–Crippen LogP) is 1.77. The zero-order valence-electron chi connectivity index (χ0n) is 15.4. The average Bonchev–Trinajstić information content (AvgIpc) is 2.63. The van der Waals surface area contributed by atoms with Crippen LogP contribution < -0.4 is 20.5 Å². The summed E-state index contributed by atoms with van der Waals surface area (Å²) < 4.78 is 19.1. The predicted molar refractivity (Wildman–Crippen MR) is 99.5 cm³/mol. The Bertz CT molecular complexity index is 862. The van der Waals surface area contributed by atoms with E-state index in [2.05, 4.69) is 15.3 Å². The summed E-state index contributed by atoms with van der Waals surface area (Å²) >= 11 is 0. The summed E-state index contributed by atoms with van der Waals surface area (Å²) in [6.45, 7) is 4.71. The number of para-hydroxylation sites is 1. The zero-order chi connectivity index (χ0) is 19.4. The fourth-order valence-corrected chi connectivity index (χ4v) is 3.05. The number of hydrogen-bond donors (Lipinski definition) is 2. The number of piperidine rings is 1. The lowest BCUT2D eigenvalue weighted by Gasteiger charge is -2.33. The fraction of sp³-hybridized carbons (Fsp3) is 0.421. The lowest BCUT2D eigenvalue weighted by atomic mass is 10.1. The van der Waals surface area contributed by atoms with Gasteiger partial charge in [-0.2, -0.15) is 0 Å². The number of carbonyl (C=O) groups is 1. The van der Waals surface area contributed by atoms with E-state index in [0.29, 0.717) is 24.7 Å². The highest BCUT2D eigenvalue weighted by Crippen LogP contribution is 2.18. The van der Waals surface area contributed by atoms with Crippen molar-refractivity contribution in [2.24, 2.45) is 0 Å². The molecule has 2 N–H and O–H groups in total. The summed E-state index contributed by atoms with van der Waals surface area (Å²) in [7, 11) is 0. The van der Waals surface area contributed by atoms with Crippen molar-refractivity contribution in [2.75, 3.05) is 18.0 Å². The molecule has 1 amide bonds. The van der Waals surface area contributed by atoms with Gasteiger partial charge in [0.05, 0.1) is 0 Å². The molecule has 0 bridgehead atoms. The number of nitrogens with zero attached hydrogens (tertiary/aromatic N) is 2. The number of carbonyl (C=O) groups excluding carboxylic acids is 1. The molecule has 1 aromatic heterocycles. The third kappa shape index (κ3) is 4.84. The highest BCUT2D eigenvalue weighted by atomic mass is 19.1. The molecule has 1 fully saturated rings. The summed E-state index contributed by atoms with van der Waals surface area (Å²) in [6.07, 6.45) is 0.640. The summed E-state index contributed by atoms with van der Waals surface area (Å²) in [4.78, 5) is 33.0. The van der Waals surface area contributed by atoms with Crippen LogP contribution in [0.1, 0.15) is 25.5 Å². The van der Waals surface area contributed by atoms with E-state index in [-0.39, 0.29) is 23.3 Å². The van der Waals surface area contributed by atoms with Crippen LogP contribution in [0.2, 0.25) is 0 Å². The van der Waals surface area contributed by atoms with Crippen molar-refractivity contribution in [3.8, 4) is 5.75 Å². The number of halogens is 1. The molecule has 27 heavy (non-hydrogen) atoms. The maximum Gasteiger partial charge on any atom is 0.260 e. The molecule has 1 aliphatic heterocycles. The highest BCUT2D eigenvalue weighted by molar-refractivity contribution is 5.81. The van der Waals surface area contributed by atoms with Crippen LogP contribution in [0.4, 0.5) is 10.3 Å². The molecule has 1 atom stereocenters. The number of H-pyrrole nitrogens is 1. The number of rotatable bonds is 5. The first kappa shape index (κ1) is 18.9. The van der Waals surface area contributed by atoms with Crippen LogP contribution in [0.3, 0.4) is 0 Å². The van der Waals surface area contributed by atoms with Crippen LogP contribution in [0, 0.1) is 12.7 Å². The summed E-state index contributed by atoms with van der Waals surface area (Å²) in [6, 6.07) is 7.45. The number of nitrogens with one attached hydrogen (secondary N) is 2. The number of benzene rings is 1. The standard InChI is InChI=1S/C19H23FN4O3/c1-12-11-17(25)23-19(21-12)24-9-7-14(8-10-24)22-18(26)13(2)27-16-6-4-3-5-15(16)20/h3-6,11,13-14H,7-10H2,1-2H3,(H,22,26)(H,21,23,25)/t13-/m1/s1. The number of anilines is 1. The molecular formula is C19H23FN4O3. The molecule has 7 nitrogen and oxygen atoms in total. The van der Waals surface area contributed by atoms with Crippen LogP contribution >= 0.6 is 0 Å². The molecule has 0 saturated carbocycles. The number of aryl methyl sites for hydroxylation is 1. The number of hydrogen-bond acceptors (Lipinski definition) is 5. The Morgan fingerprint density at radius 3 is 2.74 bits per heavy atom. The molecule has 0 aliphatic carbocycles. The van der Waals surface area contributed by atoms with E-state index >= 15 is 0 Å². The van der Waals surface area contributed by atoms with E-state index in [0.717, 1.165) is 12.8 Å². The SMILES string of the molecule is Cc1cc(=O)[nH]c(N2CCC(NC(=O)[C@@H](C)Oc3ccccc3F)CC2)n1. The highest BCUT2D eigenvalue weighted by Gasteiger charge is 2.25. The van der Waals surface area contributed by atoms with Gasteiger partial charge in [0.25, 0.3) is 11.5 Å².